The van der Waals surface area contributed by atoms with Crippen molar-refractivity contribution in [1.82, 2.24) is 5.32 Å². The van der Waals surface area contributed by atoms with E-state index in [1.165, 1.54) is 6.07 Å². The van der Waals surface area contributed by atoms with E-state index in [4.69, 9.17) is 16.9 Å². The summed E-state index contributed by atoms with van der Waals surface area (Å²) in [7, 11) is 0. The van der Waals surface area contributed by atoms with Crippen LogP contribution in [0.2, 0.25) is 5.02 Å². The molecule has 1 aromatic rings. The van der Waals surface area contributed by atoms with E-state index in [0.717, 1.165) is 0 Å². The Labute approximate surface area is 109 Å². The quantitative estimate of drug-likeness (QED) is 0.741. The molecule has 0 aliphatic carbocycles. The second-order valence-electron chi connectivity index (χ2n) is 4.15. The number of halogens is 1. The first-order valence-corrected chi connectivity index (χ1v) is 5.90. The van der Waals surface area contributed by atoms with E-state index in [1.807, 2.05) is 6.07 Å². The van der Waals surface area contributed by atoms with E-state index in [1.54, 1.807) is 12.1 Å². The first kappa shape index (κ1) is 12.8. The van der Waals surface area contributed by atoms with Crippen molar-refractivity contribution in [2.45, 2.75) is 18.6 Å². The number of benzene rings is 1. The molecular formula is C12H12ClN3O2. The maximum atomic E-state index is 11.8. The summed E-state index contributed by atoms with van der Waals surface area (Å²) in [6.45, 7) is 0.423. The minimum absolute atomic E-state index is 0.215. The third kappa shape index (κ3) is 2.79. The Morgan fingerprint density at radius 2 is 2.39 bits per heavy atom. The Kier molecular flexibility index (Phi) is 3.82. The molecule has 18 heavy (non-hydrogen) atoms. The number of nitrogens with zero attached hydrogens (tertiary/aromatic N) is 1. The number of nitriles is 1. The molecule has 0 radical (unpaired) electrons. The van der Waals surface area contributed by atoms with E-state index < -0.39 is 12.1 Å². The van der Waals surface area contributed by atoms with Crippen molar-refractivity contribution >= 4 is 23.2 Å². The normalized spacial score (nSPS) is 22.5. The van der Waals surface area contributed by atoms with E-state index in [0.29, 0.717) is 29.2 Å². The molecule has 1 amide bonds. The molecule has 0 saturated carbocycles. The van der Waals surface area contributed by atoms with Gasteiger partial charge >= 0.3 is 0 Å². The van der Waals surface area contributed by atoms with Crippen molar-refractivity contribution in [3.8, 4) is 6.07 Å². The molecule has 1 saturated heterocycles. The van der Waals surface area contributed by atoms with Gasteiger partial charge in [-0.3, -0.25) is 4.79 Å². The Hall–Kier alpha value is -1.61. The Morgan fingerprint density at radius 3 is 2.94 bits per heavy atom. The Morgan fingerprint density at radius 1 is 1.61 bits per heavy atom. The molecule has 2 atom stereocenters. The van der Waals surface area contributed by atoms with Crippen LogP contribution in [0.4, 0.5) is 5.69 Å². The molecule has 0 bridgehead atoms. The van der Waals surface area contributed by atoms with Crippen LogP contribution in [0.5, 0.6) is 0 Å². The zero-order valence-electron chi connectivity index (χ0n) is 9.48. The largest absolute Gasteiger partial charge is 0.392 e. The van der Waals surface area contributed by atoms with E-state index in [2.05, 4.69) is 10.6 Å². The number of aliphatic hydroxyl groups is 1. The number of anilines is 1. The molecule has 0 spiro atoms. The maximum Gasteiger partial charge on any atom is 0.241 e. The molecule has 6 heteroatoms. The fourth-order valence-electron chi connectivity index (χ4n) is 1.83. The van der Waals surface area contributed by atoms with Crippen LogP contribution in [0.25, 0.3) is 0 Å². The van der Waals surface area contributed by atoms with Gasteiger partial charge in [-0.15, -0.1) is 0 Å². The average Bonchev–Trinajstić information content (AvgIpc) is 2.76. The summed E-state index contributed by atoms with van der Waals surface area (Å²) in [5.74, 6) is -0.215. The van der Waals surface area contributed by atoms with Crippen LogP contribution in [0, 0.1) is 11.3 Å². The van der Waals surface area contributed by atoms with E-state index in [9.17, 15) is 9.90 Å². The highest BCUT2D eigenvalue weighted by Crippen LogP contribution is 2.20. The topological polar surface area (TPSA) is 85.2 Å². The van der Waals surface area contributed by atoms with Crippen molar-refractivity contribution in [1.29, 1.82) is 5.26 Å². The molecule has 94 valence electrons. The molecule has 1 heterocycles. The van der Waals surface area contributed by atoms with Crippen molar-refractivity contribution in [2.75, 3.05) is 11.9 Å². The van der Waals surface area contributed by atoms with Crippen LogP contribution >= 0.6 is 11.6 Å². The number of hydrogen-bond donors (Lipinski definition) is 3. The Balaban J connectivity index is 2.04. The summed E-state index contributed by atoms with van der Waals surface area (Å²) in [4.78, 5) is 11.8. The summed E-state index contributed by atoms with van der Waals surface area (Å²) in [6.07, 6.45) is -0.0825. The Bertz CT molecular complexity index is 513. The van der Waals surface area contributed by atoms with Gasteiger partial charge in [0, 0.05) is 12.2 Å². The summed E-state index contributed by atoms with van der Waals surface area (Å²) in [5.41, 5.74) is 0.899. The number of carbonyl (C=O) groups excluding carboxylic acids is 1. The van der Waals surface area contributed by atoms with Crippen molar-refractivity contribution < 1.29 is 9.90 Å². The number of nitrogens with one attached hydrogen (secondary N) is 2. The van der Waals surface area contributed by atoms with Crippen LogP contribution in [0.3, 0.4) is 0 Å². The standard InChI is InChI=1S/C12H12ClN3O2/c13-10-3-8(2-1-7(10)5-14)16-12(18)11-4-9(17)6-15-11/h1-3,9,11,15,17H,4,6H2,(H,16,18). The minimum atomic E-state index is -0.481. The zero-order chi connectivity index (χ0) is 13.1. The highest BCUT2D eigenvalue weighted by Gasteiger charge is 2.27. The first-order chi connectivity index (χ1) is 8.60. The summed E-state index contributed by atoms with van der Waals surface area (Å²) in [6, 6.07) is 6.25. The summed E-state index contributed by atoms with van der Waals surface area (Å²) >= 11 is 5.87. The molecule has 1 aromatic carbocycles. The van der Waals surface area contributed by atoms with E-state index >= 15 is 0 Å². The van der Waals surface area contributed by atoms with Gasteiger partial charge in [0.1, 0.15) is 6.07 Å². The lowest BCUT2D eigenvalue weighted by Gasteiger charge is -2.11. The second-order valence-corrected chi connectivity index (χ2v) is 4.55. The fraction of sp³-hybridized carbons (Fsp3) is 0.333. The SMILES string of the molecule is N#Cc1ccc(NC(=O)C2CC(O)CN2)cc1Cl. The highest BCUT2D eigenvalue weighted by molar-refractivity contribution is 6.32. The molecule has 1 fully saturated rings. The zero-order valence-corrected chi connectivity index (χ0v) is 10.2. The fourth-order valence-corrected chi connectivity index (χ4v) is 2.05. The summed E-state index contributed by atoms with van der Waals surface area (Å²) in [5, 5.41) is 24.0. The smallest absolute Gasteiger partial charge is 0.241 e. The predicted molar refractivity (Wildman–Crippen MR) is 67.2 cm³/mol. The van der Waals surface area contributed by atoms with Crippen LogP contribution < -0.4 is 10.6 Å². The number of β-amino-alcohol motifs (C(OH)–C–C–N with tert-alkyl or cyclic N) is 1. The van der Waals surface area contributed by atoms with Crippen LogP contribution in [0.15, 0.2) is 18.2 Å². The third-order valence-electron chi connectivity index (χ3n) is 2.78. The van der Waals surface area contributed by atoms with Crippen molar-refractivity contribution in [2.24, 2.45) is 0 Å². The molecule has 0 aromatic heterocycles. The lowest BCUT2D eigenvalue weighted by atomic mass is 10.1. The van der Waals surface area contributed by atoms with Crippen molar-refractivity contribution in [3.05, 3.63) is 28.8 Å². The number of carbonyl (C=O) groups is 1. The number of hydrogen-bond acceptors (Lipinski definition) is 4. The van der Waals surface area contributed by atoms with Gasteiger partial charge in [-0.25, -0.2) is 0 Å². The van der Waals surface area contributed by atoms with Gasteiger partial charge < -0.3 is 15.7 Å². The van der Waals surface area contributed by atoms with Crippen LogP contribution in [-0.2, 0) is 4.79 Å². The molecule has 5 nitrogen and oxygen atoms in total. The van der Waals surface area contributed by atoms with Gasteiger partial charge in [-0.2, -0.15) is 5.26 Å². The number of aliphatic hydroxyl groups excluding tert-OH is 1. The molecule has 2 unspecified atom stereocenters. The summed E-state index contributed by atoms with van der Waals surface area (Å²) < 4.78 is 0. The third-order valence-corrected chi connectivity index (χ3v) is 3.09. The first-order valence-electron chi connectivity index (χ1n) is 5.52. The van der Waals surface area contributed by atoms with Gasteiger partial charge in [0.05, 0.1) is 22.7 Å². The number of amides is 1. The maximum absolute atomic E-state index is 11.8. The molecule has 1 aliphatic heterocycles. The van der Waals surface area contributed by atoms with E-state index in [-0.39, 0.29) is 5.91 Å². The van der Waals surface area contributed by atoms with Crippen molar-refractivity contribution in [3.63, 3.8) is 0 Å². The lowest BCUT2D eigenvalue weighted by Crippen LogP contribution is -2.35. The predicted octanol–water partition coefficient (Wildman–Crippen LogP) is 0.873. The molecule has 2 rings (SSSR count). The lowest BCUT2D eigenvalue weighted by molar-refractivity contribution is -0.117. The van der Waals surface area contributed by atoms with Gasteiger partial charge in [0.25, 0.3) is 0 Å². The van der Waals surface area contributed by atoms with Gasteiger partial charge in [-0.1, -0.05) is 11.6 Å². The second kappa shape index (κ2) is 5.36. The van der Waals surface area contributed by atoms with Gasteiger partial charge in [0.2, 0.25) is 5.91 Å². The number of rotatable bonds is 2. The van der Waals surface area contributed by atoms with Gasteiger partial charge in [0.15, 0.2) is 0 Å². The van der Waals surface area contributed by atoms with Crippen LogP contribution in [0.1, 0.15) is 12.0 Å². The molecule has 3 N–H and O–H groups in total. The monoisotopic (exact) mass is 265 g/mol. The molecule has 1 aliphatic rings. The minimum Gasteiger partial charge on any atom is -0.392 e. The van der Waals surface area contributed by atoms with Gasteiger partial charge in [-0.05, 0) is 24.6 Å². The average molecular weight is 266 g/mol. The highest BCUT2D eigenvalue weighted by atomic mass is 35.5. The van der Waals surface area contributed by atoms with Crippen LogP contribution in [-0.4, -0.2) is 29.7 Å². The molecular weight excluding hydrogens is 254 g/mol.